The summed E-state index contributed by atoms with van der Waals surface area (Å²) in [7, 11) is -2.17. The Morgan fingerprint density at radius 1 is 1.20 bits per heavy atom. The molecule has 1 amide bonds. The van der Waals surface area contributed by atoms with Gasteiger partial charge < -0.3 is 19.5 Å². The molecule has 8 nitrogen and oxygen atoms in total. The molecular formula is C20H23ClN2O6S. The lowest BCUT2D eigenvalue weighted by atomic mass is 10.1. The number of carbonyl (C=O) groups excluding carboxylic acids is 1. The number of ether oxygens (including phenoxy) is 3. The largest absolute Gasteiger partial charge is 0.486 e. The van der Waals surface area contributed by atoms with Gasteiger partial charge in [0.25, 0.3) is 0 Å². The van der Waals surface area contributed by atoms with Gasteiger partial charge in [-0.1, -0.05) is 11.6 Å². The zero-order valence-corrected chi connectivity index (χ0v) is 18.2. The van der Waals surface area contributed by atoms with Crippen LogP contribution in [0.1, 0.15) is 12.5 Å². The molecule has 162 valence electrons. The van der Waals surface area contributed by atoms with Crippen molar-refractivity contribution in [3.63, 3.8) is 0 Å². The topological polar surface area (TPSA) is 103 Å². The van der Waals surface area contributed by atoms with Crippen molar-refractivity contribution in [3.8, 4) is 11.5 Å². The molecule has 0 fully saturated rings. The minimum atomic E-state index is -3.67. The van der Waals surface area contributed by atoms with Gasteiger partial charge in [0.2, 0.25) is 15.9 Å². The van der Waals surface area contributed by atoms with Crippen LogP contribution in [0, 0.1) is 0 Å². The van der Waals surface area contributed by atoms with Gasteiger partial charge in [-0.15, -0.1) is 0 Å². The number of halogens is 1. The standard InChI is InChI=1S/C20H23ClN2O6S/c1-13(12-27-2)23-30(25,26)16-5-3-15(4-6-16)22-19(24)11-14-9-17(21)20-18(10-14)28-7-8-29-20/h3-6,9-10,13,23H,7-8,11-12H2,1-2H3,(H,22,24). The number of carbonyl (C=O) groups is 1. The van der Waals surface area contributed by atoms with Crippen molar-refractivity contribution in [1.29, 1.82) is 0 Å². The summed E-state index contributed by atoms with van der Waals surface area (Å²) in [6.07, 6.45) is 0.0759. The Morgan fingerprint density at radius 3 is 2.60 bits per heavy atom. The van der Waals surface area contributed by atoms with Gasteiger partial charge in [0.15, 0.2) is 11.5 Å². The first-order valence-electron chi connectivity index (χ1n) is 9.27. The molecule has 1 aliphatic rings. The quantitative estimate of drug-likeness (QED) is 0.635. The zero-order chi connectivity index (χ0) is 21.7. The number of methoxy groups -OCH3 is 1. The molecule has 30 heavy (non-hydrogen) atoms. The Labute approximate surface area is 180 Å². The molecule has 1 heterocycles. The first kappa shape index (κ1) is 22.4. The van der Waals surface area contributed by atoms with E-state index in [1.54, 1.807) is 19.1 Å². The van der Waals surface area contributed by atoms with Crippen LogP contribution in [0.15, 0.2) is 41.3 Å². The van der Waals surface area contributed by atoms with Crippen molar-refractivity contribution in [2.75, 3.05) is 32.2 Å². The molecule has 0 bridgehead atoms. The highest BCUT2D eigenvalue weighted by Gasteiger charge is 2.19. The summed E-state index contributed by atoms with van der Waals surface area (Å²) in [4.78, 5) is 12.5. The van der Waals surface area contributed by atoms with Crippen molar-refractivity contribution in [1.82, 2.24) is 4.72 Å². The molecule has 0 aliphatic carbocycles. The lowest BCUT2D eigenvalue weighted by Gasteiger charge is -2.20. The fraction of sp³-hybridized carbons (Fsp3) is 0.350. The summed E-state index contributed by atoms with van der Waals surface area (Å²) in [5.41, 5.74) is 1.16. The number of nitrogens with one attached hydrogen (secondary N) is 2. The molecule has 3 rings (SSSR count). The van der Waals surface area contributed by atoms with Crippen molar-refractivity contribution in [2.24, 2.45) is 0 Å². The van der Waals surface area contributed by atoms with E-state index in [0.29, 0.717) is 41.0 Å². The van der Waals surface area contributed by atoms with E-state index in [4.69, 9.17) is 25.8 Å². The summed E-state index contributed by atoms with van der Waals surface area (Å²) in [5.74, 6) is 0.726. The molecule has 2 aromatic rings. The van der Waals surface area contributed by atoms with Gasteiger partial charge in [-0.3, -0.25) is 4.79 Å². The van der Waals surface area contributed by atoms with Crippen molar-refractivity contribution in [3.05, 3.63) is 47.0 Å². The van der Waals surface area contributed by atoms with Gasteiger partial charge in [-0.2, -0.15) is 0 Å². The highest BCUT2D eigenvalue weighted by molar-refractivity contribution is 7.89. The second kappa shape index (κ2) is 9.65. The fourth-order valence-electron chi connectivity index (χ4n) is 2.99. The summed E-state index contributed by atoms with van der Waals surface area (Å²) < 4.78 is 43.2. The number of amides is 1. The number of hydrogen-bond donors (Lipinski definition) is 2. The van der Waals surface area contributed by atoms with Gasteiger partial charge in [0, 0.05) is 18.8 Å². The van der Waals surface area contributed by atoms with Gasteiger partial charge in [0.1, 0.15) is 13.2 Å². The number of fused-ring (bicyclic) bond motifs is 1. The van der Waals surface area contributed by atoms with Gasteiger partial charge in [-0.05, 0) is 48.9 Å². The average Bonchev–Trinajstić information content (AvgIpc) is 2.68. The minimum absolute atomic E-state index is 0.0759. The van der Waals surface area contributed by atoms with E-state index in [1.807, 2.05) is 0 Å². The Kier molecular flexibility index (Phi) is 7.19. The van der Waals surface area contributed by atoms with Crippen LogP contribution in [0.25, 0.3) is 0 Å². The van der Waals surface area contributed by atoms with Crippen LogP contribution in [0.5, 0.6) is 11.5 Å². The Bertz CT molecular complexity index is 1010. The molecule has 0 saturated carbocycles. The van der Waals surface area contributed by atoms with Crippen LogP contribution in [-0.4, -0.2) is 47.3 Å². The van der Waals surface area contributed by atoms with E-state index in [1.165, 1.54) is 31.4 Å². The highest BCUT2D eigenvalue weighted by atomic mass is 35.5. The summed E-state index contributed by atoms with van der Waals surface area (Å²) in [6.45, 7) is 2.82. The lowest BCUT2D eigenvalue weighted by Crippen LogP contribution is -2.35. The predicted molar refractivity (Wildman–Crippen MR) is 113 cm³/mol. The third-order valence-electron chi connectivity index (χ3n) is 4.24. The van der Waals surface area contributed by atoms with Crippen molar-refractivity contribution in [2.45, 2.75) is 24.3 Å². The summed E-state index contributed by atoms with van der Waals surface area (Å²) in [5, 5.41) is 3.13. The highest BCUT2D eigenvalue weighted by Crippen LogP contribution is 2.38. The maximum Gasteiger partial charge on any atom is 0.240 e. The van der Waals surface area contributed by atoms with E-state index in [9.17, 15) is 13.2 Å². The minimum Gasteiger partial charge on any atom is -0.486 e. The monoisotopic (exact) mass is 454 g/mol. The van der Waals surface area contributed by atoms with E-state index >= 15 is 0 Å². The Hall–Kier alpha value is -2.33. The fourth-order valence-corrected chi connectivity index (χ4v) is 4.51. The Morgan fingerprint density at radius 2 is 1.90 bits per heavy atom. The maximum absolute atomic E-state index is 12.4. The molecule has 10 heteroatoms. The van der Waals surface area contributed by atoms with E-state index in [2.05, 4.69) is 10.0 Å². The van der Waals surface area contributed by atoms with Crippen molar-refractivity contribution < 1.29 is 27.4 Å². The van der Waals surface area contributed by atoms with Crippen molar-refractivity contribution >= 4 is 33.2 Å². The number of anilines is 1. The van der Waals surface area contributed by atoms with Crippen LogP contribution in [0.4, 0.5) is 5.69 Å². The summed E-state index contributed by atoms with van der Waals surface area (Å²) in [6, 6.07) is 8.95. The number of rotatable bonds is 8. The van der Waals surface area contributed by atoms with Crippen LogP contribution < -0.4 is 19.5 Å². The number of benzene rings is 2. The molecule has 0 aromatic heterocycles. The zero-order valence-electron chi connectivity index (χ0n) is 16.6. The molecule has 1 atom stereocenters. The average molecular weight is 455 g/mol. The second-order valence-corrected chi connectivity index (χ2v) is 8.95. The maximum atomic E-state index is 12.4. The van der Waals surface area contributed by atoms with Gasteiger partial charge in [0.05, 0.1) is 22.9 Å². The molecule has 1 aliphatic heterocycles. The third kappa shape index (κ3) is 5.63. The van der Waals surface area contributed by atoms with Crippen LogP contribution in [0.3, 0.4) is 0 Å². The molecule has 0 spiro atoms. The SMILES string of the molecule is COCC(C)NS(=O)(=O)c1ccc(NC(=O)Cc2cc(Cl)c3c(c2)OCCO3)cc1. The van der Waals surface area contributed by atoms with E-state index in [0.717, 1.165) is 0 Å². The van der Waals surface area contributed by atoms with E-state index < -0.39 is 10.0 Å². The van der Waals surface area contributed by atoms with Gasteiger partial charge >= 0.3 is 0 Å². The first-order valence-corrected chi connectivity index (χ1v) is 11.1. The molecular weight excluding hydrogens is 432 g/mol. The number of hydrogen-bond acceptors (Lipinski definition) is 6. The normalized spacial score (nSPS) is 14.2. The molecule has 1 unspecified atom stereocenters. The predicted octanol–water partition coefficient (Wildman–Crippen LogP) is 2.61. The molecule has 2 N–H and O–H groups in total. The van der Waals surface area contributed by atoms with Crippen LogP contribution in [0.2, 0.25) is 5.02 Å². The Balaban J connectivity index is 1.63. The molecule has 0 saturated heterocycles. The van der Waals surface area contributed by atoms with Crippen LogP contribution in [-0.2, 0) is 26.0 Å². The molecule has 2 aromatic carbocycles. The number of sulfonamides is 1. The lowest BCUT2D eigenvalue weighted by molar-refractivity contribution is -0.115. The third-order valence-corrected chi connectivity index (χ3v) is 6.13. The smallest absolute Gasteiger partial charge is 0.240 e. The van der Waals surface area contributed by atoms with E-state index in [-0.39, 0.29) is 29.9 Å². The second-order valence-electron chi connectivity index (χ2n) is 6.83. The molecule has 0 radical (unpaired) electrons. The van der Waals surface area contributed by atoms with Gasteiger partial charge in [-0.25, -0.2) is 13.1 Å². The van der Waals surface area contributed by atoms with Crippen LogP contribution >= 0.6 is 11.6 Å². The summed E-state index contributed by atoms with van der Waals surface area (Å²) >= 11 is 6.20. The first-order chi connectivity index (χ1) is 14.3.